The normalized spacial score (nSPS) is 14.6. The van der Waals surface area contributed by atoms with Crippen molar-refractivity contribution in [2.45, 2.75) is 13.5 Å². The number of hydrogen-bond acceptors (Lipinski definition) is 8. The van der Waals surface area contributed by atoms with Crippen molar-refractivity contribution in [2.24, 2.45) is 5.41 Å². The van der Waals surface area contributed by atoms with Crippen LogP contribution in [0.3, 0.4) is 0 Å². The van der Waals surface area contributed by atoms with Crippen LogP contribution in [0.25, 0.3) is 61.0 Å². The molecule has 0 aliphatic carbocycles. The molecule has 1 saturated heterocycles. The number of sulfonamides is 1. The molecule has 14 heteroatoms. The summed E-state index contributed by atoms with van der Waals surface area (Å²) in [4.78, 5) is 25.5. The zero-order valence-corrected chi connectivity index (χ0v) is 29.3. The molecule has 4 aromatic heterocycles. The van der Waals surface area contributed by atoms with Gasteiger partial charge < -0.3 is 9.73 Å². The number of nitrogens with zero attached hydrogens (tertiary/aromatic N) is 6. The lowest BCUT2D eigenvalue weighted by Gasteiger charge is -2.43. The number of carbonyl (C=O) groups excluding carboxylic acids is 1. The lowest BCUT2D eigenvalue weighted by molar-refractivity contribution is 0.0504. The van der Waals surface area contributed by atoms with Gasteiger partial charge in [-0.25, -0.2) is 27.2 Å². The number of hydrogen-bond donors (Lipinski definition) is 1. The average Bonchev–Trinajstić information content (AvgIpc) is 3.69. The molecule has 0 spiro atoms. The third-order valence-corrected chi connectivity index (χ3v) is 10.9. The lowest BCUT2D eigenvalue weighted by Crippen LogP contribution is -2.53. The van der Waals surface area contributed by atoms with E-state index in [2.05, 4.69) is 16.3 Å². The van der Waals surface area contributed by atoms with Gasteiger partial charge in [0.1, 0.15) is 34.3 Å². The van der Waals surface area contributed by atoms with Crippen molar-refractivity contribution in [3.8, 4) is 28.7 Å². The third-order valence-electron chi connectivity index (χ3n) is 9.68. The quantitative estimate of drug-likeness (QED) is 0.197. The number of anilines is 1. The zero-order valence-electron chi connectivity index (χ0n) is 28.5. The first kappa shape index (κ1) is 33.2. The summed E-state index contributed by atoms with van der Waals surface area (Å²) in [5.74, 6) is -0.488. The number of nitrogens with one attached hydrogen (secondary N) is 1. The number of likely N-dealkylation sites (tertiary alicyclic amines) is 1. The van der Waals surface area contributed by atoms with Crippen molar-refractivity contribution in [1.29, 1.82) is 5.26 Å². The topological polar surface area (TPSA) is 137 Å². The van der Waals surface area contributed by atoms with Crippen LogP contribution in [-0.4, -0.2) is 67.0 Å². The first-order chi connectivity index (χ1) is 24.8. The van der Waals surface area contributed by atoms with Gasteiger partial charge in [0.05, 0.1) is 57.8 Å². The van der Waals surface area contributed by atoms with E-state index in [1.54, 1.807) is 30.3 Å². The summed E-state index contributed by atoms with van der Waals surface area (Å²) in [6.07, 6.45) is 1.07. The number of rotatable bonds is 7. The Morgan fingerprint density at radius 1 is 1.04 bits per heavy atom. The highest BCUT2D eigenvalue weighted by molar-refractivity contribution is 7.92. The SMILES string of the molecule is CNC(=O)c1c(-c2ccc(F)cc2)oc2cc(N(C)S(C)(=O)=O)c(-c3ccc4nc(CN5CC(C)(C#N)C5)n5c6cccc(F)c6cc5c4n3)cc12. The maximum atomic E-state index is 15.2. The first-order valence-corrected chi connectivity index (χ1v) is 18.2. The molecular weight excluding hydrogens is 689 g/mol. The summed E-state index contributed by atoms with van der Waals surface area (Å²) in [6, 6.07) is 21.1. The Labute approximate surface area is 296 Å². The predicted octanol–water partition coefficient (Wildman–Crippen LogP) is 6.49. The summed E-state index contributed by atoms with van der Waals surface area (Å²) in [5.41, 5.74) is 3.57. The van der Waals surface area contributed by atoms with Gasteiger partial charge in [0.15, 0.2) is 0 Å². The fraction of sp³-hybridized carbons (Fsp3) is 0.211. The van der Waals surface area contributed by atoms with Crippen molar-refractivity contribution >= 4 is 60.0 Å². The van der Waals surface area contributed by atoms with Crippen LogP contribution < -0.4 is 9.62 Å². The van der Waals surface area contributed by atoms with E-state index < -0.39 is 33.0 Å². The Hall–Kier alpha value is -5.91. The number of carbonyl (C=O) groups is 1. The van der Waals surface area contributed by atoms with Crippen molar-refractivity contribution in [1.82, 2.24) is 24.6 Å². The van der Waals surface area contributed by atoms with Crippen LogP contribution in [-0.2, 0) is 16.6 Å². The van der Waals surface area contributed by atoms with Crippen LogP contribution in [0, 0.1) is 28.4 Å². The molecule has 7 aromatic rings. The van der Waals surface area contributed by atoms with Crippen molar-refractivity contribution in [2.75, 3.05) is 37.7 Å². The van der Waals surface area contributed by atoms with Gasteiger partial charge in [0.2, 0.25) is 10.0 Å². The van der Waals surface area contributed by atoms with Gasteiger partial charge in [-0.05, 0) is 67.6 Å². The van der Waals surface area contributed by atoms with E-state index in [9.17, 15) is 22.9 Å². The standard InChI is InChI=1S/C38H31F2N7O4S/c1-38(18-41)19-46(20-38)17-33-43-28-13-12-27(44-35(28)31-15-23-26(40)6-5-7-29(23)47(31)33)24-14-25-32(16-30(24)45(3)52(4,49)50)51-36(34(25)37(48)42-2)21-8-10-22(39)11-9-21/h5-16H,17,19-20H2,1-4H3,(H,42,48). The summed E-state index contributed by atoms with van der Waals surface area (Å²) in [5, 5.41) is 13.0. The smallest absolute Gasteiger partial charge is 0.255 e. The van der Waals surface area contributed by atoms with Crippen LogP contribution in [0.1, 0.15) is 23.1 Å². The number of nitriles is 1. The molecule has 0 saturated carbocycles. The number of fused-ring (bicyclic) bond motifs is 6. The fourth-order valence-corrected chi connectivity index (χ4v) is 7.59. The van der Waals surface area contributed by atoms with Crippen LogP contribution in [0.2, 0.25) is 0 Å². The summed E-state index contributed by atoms with van der Waals surface area (Å²) in [6.45, 7) is 3.48. The van der Waals surface area contributed by atoms with Crippen molar-refractivity contribution in [3.63, 3.8) is 0 Å². The maximum absolute atomic E-state index is 15.2. The largest absolute Gasteiger partial charge is 0.455 e. The molecule has 11 nitrogen and oxygen atoms in total. The Bertz CT molecular complexity index is 2780. The molecular formula is C38H31F2N7O4S. The minimum Gasteiger partial charge on any atom is -0.455 e. The zero-order chi connectivity index (χ0) is 36.7. The molecule has 0 bridgehead atoms. The van der Waals surface area contributed by atoms with Crippen LogP contribution in [0.15, 0.2) is 77.2 Å². The van der Waals surface area contributed by atoms with Crippen molar-refractivity contribution in [3.05, 3.63) is 95.8 Å². The summed E-state index contributed by atoms with van der Waals surface area (Å²) < 4.78 is 64.2. The molecule has 1 N–H and O–H groups in total. The minimum atomic E-state index is -3.80. The highest BCUT2D eigenvalue weighted by Gasteiger charge is 2.39. The molecule has 0 unspecified atom stereocenters. The molecule has 5 heterocycles. The second kappa shape index (κ2) is 11.8. The maximum Gasteiger partial charge on any atom is 0.255 e. The van der Waals surface area contributed by atoms with Crippen LogP contribution in [0.5, 0.6) is 0 Å². The van der Waals surface area contributed by atoms with E-state index >= 15 is 4.39 Å². The molecule has 262 valence electrons. The van der Waals surface area contributed by atoms with Crippen LogP contribution in [0.4, 0.5) is 14.5 Å². The summed E-state index contributed by atoms with van der Waals surface area (Å²) in [7, 11) is -0.911. The number of halogens is 2. The highest BCUT2D eigenvalue weighted by atomic mass is 32.2. The molecule has 1 aliphatic rings. The molecule has 1 fully saturated rings. The second-order valence-corrected chi connectivity index (χ2v) is 15.4. The van der Waals surface area contributed by atoms with E-state index in [1.807, 2.05) is 17.4 Å². The lowest BCUT2D eigenvalue weighted by atomic mass is 9.84. The third kappa shape index (κ3) is 5.32. The van der Waals surface area contributed by atoms with Gasteiger partial charge in [-0.3, -0.25) is 18.4 Å². The van der Waals surface area contributed by atoms with Gasteiger partial charge >= 0.3 is 0 Å². The molecule has 3 aromatic carbocycles. The van der Waals surface area contributed by atoms with Gasteiger partial charge in [-0.2, -0.15) is 5.26 Å². The fourth-order valence-electron chi connectivity index (χ4n) is 7.08. The van der Waals surface area contributed by atoms with E-state index in [4.69, 9.17) is 14.4 Å². The van der Waals surface area contributed by atoms with Gasteiger partial charge in [0.25, 0.3) is 5.91 Å². The Morgan fingerprint density at radius 2 is 1.79 bits per heavy atom. The Kier molecular flexibility index (Phi) is 7.56. The van der Waals surface area contributed by atoms with Crippen LogP contribution >= 0.6 is 0 Å². The number of amides is 1. The first-order valence-electron chi connectivity index (χ1n) is 16.3. The van der Waals surface area contributed by atoms with E-state index in [0.29, 0.717) is 75.1 Å². The Morgan fingerprint density at radius 3 is 2.48 bits per heavy atom. The molecule has 52 heavy (non-hydrogen) atoms. The molecule has 0 atom stereocenters. The summed E-state index contributed by atoms with van der Waals surface area (Å²) >= 11 is 0. The second-order valence-electron chi connectivity index (χ2n) is 13.4. The van der Waals surface area contributed by atoms with E-state index in [-0.39, 0.29) is 22.6 Å². The van der Waals surface area contributed by atoms with Gasteiger partial charge in [-0.1, -0.05) is 6.07 Å². The number of pyridine rings is 1. The number of benzene rings is 3. The van der Waals surface area contributed by atoms with E-state index in [1.165, 1.54) is 50.5 Å². The molecule has 8 rings (SSSR count). The van der Waals surface area contributed by atoms with Gasteiger partial charge in [0, 0.05) is 55.2 Å². The van der Waals surface area contributed by atoms with Gasteiger partial charge in [-0.15, -0.1) is 0 Å². The average molecular weight is 720 g/mol. The Balaban J connectivity index is 1.38. The predicted molar refractivity (Wildman–Crippen MR) is 194 cm³/mol. The monoisotopic (exact) mass is 719 g/mol. The van der Waals surface area contributed by atoms with Crippen molar-refractivity contribution < 1.29 is 26.4 Å². The van der Waals surface area contributed by atoms with E-state index in [0.717, 1.165) is 10.6 Å². The number of aromatic nitrogens is 3. The molecule has 1 amide bonds. The highest BCUT2D eigenvalue weighted by Crippen LogP contribution is 2.42. The molecule has 1 aliphatic heterocycles. The minimum absolute atomic E-state index is 0.181. The number of furan rings is 1. The molecule has 0 radical (unpaired) electrons.